The van der Waals surface area contributed by atoms with E-state index in [9.17, 15) is 0 Å². The Morgan fingerprint density at radius 3 is 2.24 bits per heavy atom. The Hall–Kier alpha value is -3.24. The first-order chi connectivity index (χ1) is 16.0. The highest BCUT2D eigenvalue weighted by Gasteiger charge is 2.23. The minimum absolute atomic E-state index is 0.220. The van der Waals surface area contributed by atoms with Crippen LogP contribution in [-0.4, -0.2) is 27.9 Å². The molecule has 0 aliphatic carbocycles. The lowest BCUT2D eigenvalue weighted by molar-refractivity contribution is 0.354. The summed E-state index contributed by atoms with van der Waals surface area (Å²) in [4.78, 5) is 0. The van der Waals surface area contributed by atoms with Gasteiger partial charge in [-0.15, -0.1) is 0 Å². The van der Waals surface area contributed by atoms with Gasteiger partial charge in [0.05, 0.1) is 21.3 Å². The number of rotatable bonds is 11. The lowest BCUT2D eigenvalue weighted by atomic mass is 9.89. The summed E-state index contributed by atoms with van der Waals surface area (Å²) in [6.45, 7) is 5.33. The number of hydrogen-bond donors (Lipinski definition) is 1. The van der Waals surface area contributed by atoms with Gasteiger partial charge in [-0.3, -0.25) is 0 Å². The second kappa shape index (κ2) is 11.6. The van der Waals surface area contributed by atoms with Gasteiger partial charge in [0.25, 0.3) is 0 Å². The van der Waals surface area contributed by atoms with E-state index in [0.717, 1.165) is 36.6 Å². The highest BCUT2D eigenvalue weighted by atomic mass is 16.5. The quantitative estimate of drug-likeness (QED) is 0.276. The molecule has 4 heteroatoms. The molecule has 0 aliphatic heterocycles. The van der Waals surface area contributed by atoms with Crippen molar-refractivity contribution in [3.05, 3.63) is 89.0 Å². The van der Waals surface area contributed by atoms with Gasteiger partial charge in [0.15, 0.2) is 11.5 Å². The SMILES string of the molecule is COc1ccc(C=Cc2ccccc2)c(C(C)(C)NCCCc2ccc(OC)c(OC)c2)c1. The van der Waals surface area contributed by atoms with E-state index in [2.05, 4.69) is 79.8 Å². The number of nitrogens with one attached hydrogen (secondary N) is 1. The molecule has 0 radical (unpaired) electrons. The van der Waals surface area contributed by atoms with E-state index in [1.54, 1.807) is 21.3 Å². The molecule has 0 atom stereocenters. The molecule has 0 fully saturated rings. The Morgan fingerprint density at radius 1 is 0.788 bits per heavy atom. The highest BCUT2D eigenvalue weighted by molar-refractivity contribution is 5.72. The van der Waals surface area contributed by atoms with Gasteiger partial charge >= 0.3 is 0 Å². The summed E-state index contributed by atoms with van der Waals surface area (Å²) in [6, 6.07) is 22.7. The summed E-state index contributed by atoms with van der Waals surface area (Å²) in [5.41, 5.74) is 4.58. The molecule has 3 aromatic rings. The van der Waals surface area contributed by atoms with Gasteiger partial charge in [-0.05, 0) is 79.8 Å². The van der Waals surface area contributed by atoms with E-state index in [0.29, 0.717) is 0 Å². The zero-order chi connectivity index (χ0) is 23.7. The molecule has 1 N–H and O–H groups in total. The molecule has 0 amide bonds. The van der Waals surface area contributed by atoms with Gasteiger partial charge in [-0.25, -0.2) is 0 Å². The fraction of sp³-hybridized carbons (Fsp3) is 0.310. The maximum absolute atomic E-state index is 5.52. The van der Waals surface area contributed by atoms with E-state index in [1.165, 1.54) is 22.3 Å². The van der Waals surface area contributed by atoms with Crippen molar-refractivity contribution in [3.8, 4) is 17.2 Å². The topological polar surface area (TPSA) is 39.7 Å². The van der Waals surface area contributed by atoms with E-state index < -0.39 is 0 Å². The van der Waals surface area contributed by atoms with Crippen LogP contribution in [0.15, 0.2) is 66.7 Å². The molecule has 0 bridgehead atoms. The summed E-state index contributed by atoms with van der Waals surface area (Å²) < 4.78 is 16.3. The van der Waals surface area contributed by atoms with Crippen LogP contribution in [0.2, 0.25) is 0 Å². The average molecular weight is 446 g/mol. The Labute approximate surface area is 198 Å². The number of hydrogen-bond acceptors (Lipinski definition) is 4. The molecule has 0 spiro atoms. The summed E-state index contributed by atoms with van der Waals surface area (Å²) in [5.74, 6) is 2.39. The Morgan fingerprint density at radius 2 is 1.55 bits per heavy atom. The maximum atomic E-state index is 5.52. The molecule has 3 aromatic carbocycles. The fourth-order valence-electron chi connectivity index (χ4n) is 3.92. The standard InChI is InChI=1S/C29H35NO3/c1-29(2,30-19-9-12-23-14-18-27(32-4)28(20-23)33-5)26-21-25(31-3)17-16-24(26)15-13-22-10-7-6-8-11-22/h6-8,10-11,13-18,20-21,30H,9,12,19H2,1-5H3. The summed E-state index contributed by atoms with van der Waals surface area (Å²) in [5, 5.41) is 3.74. The lowest BCUT2D eigenvalue weighted by Gasteiger charge is -2.29. The molecule has 0 unspecified atom stereocenters. The molecule has 4 nitrogen and oxygen atoms in total. The summed E-state index contributed by atoms with van der Waals surface area (Å²) in [6.07, 6.45) is 6.30. The number of methoxy groups -OCH3 is 3. The van der Waals surface area contributed by atoms with Gasteiger partial charge in [-0.1, -0.05) is 54.6 Å². The minimum atomic E-state index is -0.220. The summed E-state index contributed by atoms with van der Waals surface area (Å²) >= 11 is 0. The third-order valence-electron chi connectivity index (χ3n) is 5.85. The molecule has 0 saturated carbocycles. The normalized spacial score (nSPS) is 11.5. The molecule has 174 valence electrons. The van der Waals surface area contributed by atoms with Crippen LogP contribution in [0.1, 0.15) is 42.5 Å². The molecule has 0 aromatic heterocycles. The third-order valence-corrected chi connectivity index (χ3v) is 5.85. The zero-order valence-corrected chi connectivity index (χ0v) is 20.4. The van der Waals surface area contributed by atoms with Crippen LogP contribution in [-0.2, 0) is 12.0 Å². The molecular weight excluding hydrogens is 410 g/mol. The first kappa shape index (κ1) is 24.4. The van der Waals surface area contributed by atoms with Gasteiger partial charge in [0.1, 0.15) is 5.75 Å². The van der Waals surface area contributed by atoms with Crippen LogP contribution in [0.5, 0.6) is 17.2 Å². The Balaban J connectivity index is 1.69. The van der Waals surface area contributed by atoms with Gasteiger partial charge in [0.2, 0.25) is 0 Å². The van der Waals surface area contributed by atoms with Crippen molar-refractivity contribution < 1.29 is 14.2 Å². The van der Waals surface area contributed by atoms with Crippen LogP contribution in [0.25, 0.3) is 12.2 Å². The second-order valence-electron chi connectivity index (χ2n) is 8.54. The smallest absolute Gasteiger partial charge is 0.160 e. The fourth-order valence-corrected chi connectivity index (χ4v) is 3.92. The first-order valence-electron chi connectivity index (χ1n) is 11.3. The predicted molar refractivity (Wildman–Crippen MR) is 137 cm³/mol. The molecule has 3 rings (SSSR count). The van der Waals surface area contributed by atoms with Gasteiger partial charge in [0, 0.05) is 5.54 Å². The van der Waals surface area contributed by atoms with Crippen LogP contribution in [0.3, 0.4) is 0 Å². The number of ether oxygens (including phenoxy) is 3. The van der Waals surface area contributed by atoms with Crippen molar-refractivity contribution in [2.45, 2.75) is 32.2 Å². The third kappa shape index (κ3) is 6.62. The molecule has 0 heterocycles. The van der Waals surface area contributed by atoms with Crippen molar-refractivity contribution >= 4 is 12.2 Å². The Kier molecular flexibility index (Phi) is 8.56. The van der Waals surface area contributed by atoms with E-state index >= 15 is 0 Å². The van der Waals surface area contributed by atoms with Crippen molar-refractivity contribution in [1.29, 1.82) is 0 Å². The van der Waals surface area contributed by atoms with E-state index in [1.807, 2.05) is 18.2 Å². The molecule has 0 aliphatic rings. The lowest BCUT2D eigenvalue weighted by Crippen LogP contribution is -2.38. The van der Waals surface area contributed by atoms with Crippen LogP contribution < -0.4 is 19.5 Å². The van der Waals surface area contributed by atoms with Crippen molar-refractivity contribution in [2.24, 2.45) is 0 Å². The number of aryl methyl sites for hydroxylation is 1. The summed E-state index contributed by atoms with van der Waals surface area (Å²) in [7, 11) is 5.04. The average Bonchev–Trinajstić information content (AvgIpc) is 2.85. The molecule has 33 heavy (non-hydrogen) atoms. The second-order valence-corrected chi connectivity index (χ2v) is 8.54. The predicted octanol–water partition coefficient (Wildman–Crippen LogP) is 6.34. The van der Waals surface area contributed by atoms with Gasteiger partial charge in [-0.2, -0.15) is 0 Å². The molecular formula is C29H35NO3. The first-order valence-corrected chi connectivity index (χ1v) is 11.3. The largest absolute Gasteiger partial charge is 0.497 e. The highest BCUT2D eigenvalue weighted by Crippen LogP contribution is 2.30. The molecule has 0 saturated heterocycles. The van der Waals surface area contributed by atoms with E-state index in [4.69, 9.17) is 14.2 Å². The number of benzene rings is 3. The Bertz CT molecular complexity index is 1060. The minimum Gasteiger partial charge on any atom is -0.497 e. The van der Waals surface area contributed by atoms with Crippen LogP contribution in [0.4, 0.5) is 0 Å². The van der Waals surface area contributed by atoms with Crippen molar-refractivity contribution in [2.75, 3.05) is 27.9 Å². The van der Waals surface area contributed by atoms with Gasteiger partial charge < -0.3 is 19.5 Å². The van der Waals surface area contributed by atoms with Crippen LogP contribution >= 0.6 is 0 Å². The monoisotopic (exact) mass is 445 g/mol. The van der Waals surface area contributed by atoms with E-state index in [-0.39, 0.29) is 5.54 Å². The zero-order valence-electron chi connectivity index (χ0n) is 20.4. The van der Waals surface area contributed by atoms with Crippen molar-refractivity contribution in [3.63, 3.8) is 0 Å². The van der Waals surface area contributed by atoms with Crippen molar-refractivity contribution in [1.82, 2.24) is 5.32 Å². The maximum Gasteiger partial charge on any atom is 0.160 e. The van der Waals surface area contributed by atoms with Crippen LogP contribution in [0, 0.1) is 0 Å².